The summed E-state index contributed by atoms with van der Waals surface area (Å²) in [5.74, 6) is -2.29. The van der Waals surface area contributed by atoms with Crippen molar-refractivity contribution < 1.29 is 23.1 Å². The fourth-order valence-corrected chi connectivity index (χ4v) is 2.53. The first-order valence-electron chi connectivity index (χ1n) is 6.95. The van der Waals surface area contributed by atoms with Gasteiger partial charge in [0.05, 0.1) is 12.0 Å². The highest BCUT2D eigenvalue weighted by Crippen LogP contribution is 2.37. The van der Waals surface area contributed by atoms with Crippen molar-refractivity contribution in [3.8, 4) is 0 Å². The third-order valence-electron chi connectivity index (χ3n) is 3.79. The van der Waals surface area contributed by atoms with Crippen molar-refractivity contribution in [3.05, 3.63) is 35.9 Å². The van der Waals surface area contributed by atoms with Crippen molar-refractivity contribution in [2.45, 2.75) is 37.5 Å². The molecule has 0 radical (unpaired) electrons. The Bertz CT molecular complexity index is 468. The first-order chi connectivity index (χ1) is 9.88. The van der Waals surface area contributed by atoms with E-state index < -0.39 is 30.5 Å². The minimum atomic E-state index is -4.45. The third-order valence-corrected chi connectivity index (χ3v) is 3.79. The van der Waals surface area contributed by atoms with Gasteiger partial charge < -0.3 is 10.0 Å². The second kappa shape index (κ2) is 6.47. The summed E-state index contributed by atoms with van der Waals surface area (Å²) in [5, 5.41) is 9.38. The molecular formula is C15H18F3NO2. The maximum absolute atomic E-state index is 13.2. The number of aliphatic hydroxyl groups is 1. The lowest BCUT2D eigenvalue weighted by Gasteiger charge is -2.31. The molecule has 1 fully saturated rings. The monoisotopic (exact) mass is 301 g/mol. The van der Waals surface area contributed by atoms with Crippen LogP contribution in [0.15, 0.2) is 30.3 Å². The lowest BCUT2D eigenvalue weighted by Crippen LogP contribution is -2.41. The normalized spacial score (nSPS) is 18.6. The first-order valence-corrected chi connectivity index (χ1v) is 6.95. The van der Waals surface area contributed by atoms with E-state index in [1.165, 1.54) is 29.2 Å². The number of nitrogens with zero attached hydrogens (tertiary/aromatic N) is 1. The summed E-state index contributed by atoms with van der Waals surface area (Å²) in [4.78, 5) is 13.5. The number of halogens is 3. The lowest BCUT2D eigenvalue weighted by molar-refractivity contribution is -0.161. The average Bonchev–Trinajstić information content (AvgIpc) is 2.45. The van der Waals surface area contributed by atoms with Gasteiger partial charge in [0.15, 0.2) is 0 Å². The van der Waals surface area contributed by atoms with Crippen LogP contribution in [0.4, 0.5) is 13.2 Å². The summed E-state index contributed by atoms with van der Waals surface area (Å²) in [6.45, 7) is 0.638. The van der Waals surface area contributed by atoms with Crippen LogP contribution in [-0.4, -0.2) is 41.3 Å². The topological polar surface area (TPSA) is 40.5 Å². The Morgan fingerprint density at radius 2 is 1.81 bits per heavy atom. The number of carbonyl (C=O) groups excluding carboxylic acids is 1. The molecule has 1 N–H and O–H groups in total. The van der Waals surface area contributed by atoms with Crippen molar-refractivity contribution in [2.75, 3.05) is 13.1 Å². The molecule has 1 aliphatic rings. The molecule has 0 bridgehead atoms. The van der Waals surface area contributed by atoms with Crippen LogP contribution < -0.4 is 0 Å². The fraction of sp³-hybridized carbons (Fsp3) is 0.533. The van der Waals surface area contributed by atoms with Crippen LogP contribution in [-0.2, 0) is 4.79 Å². The quantitative estimate of drug-likeness (QED) is 0.932. The largest absolute Gasteiger partial charge is 0.396 e. The zero-order valence-electron chi connectivity index (χ0n) is 11.5. The molecule has 1 saturated heterocycles. The smallest absolute Gasteiger partial charge is 0.393 e. The average molecular weight is 301 g/mol. The Morgan fingerprint density at radius 1 is 1.24 bits per heavy atom. The van der Waals surface area contributed by atoms with Gasteiger partial charge in [0.25, 0.3) is 0 Å². The molecule has 0 spiro atoms. The SMILES string of the molecule is O=C(CC(c1ccccc1)C(F)(F)F)N1CCC(O)CC1. The van der Waals surface area contributed by atoms with Gasteiger partial charge in [0.2, 0.25) is 5.91 Å². The number of likely N-dealkylation sites (tertiary alicyclic amines) is 1. The van der Waals surface area contributed by atoms with Crippen LogP contribution in [0.5, 0.6) is 0 Å². The number of alkyl halides is 3. The minimum Gasteiger partial charge on any atom is -0.393 e. The summed E-state index contributed by atoms with van der Waals surface area (Å²) < 4.78 is 39.6. The Balaban J connectivity index is 2.07. The molecule has 0 aliphatic carbocycles. The Kier molecular flexibility index (Phi) is 4.88. The molecule has 1 aromatic rings. The Morgan fingerprint density at radius 3 is 2.33 bits per heavy atom. The van der Waals surface area contributed by atoms with Crippen molar-refractivity contribution in [1.82, 2.24) is 4.90 Å². The maximum Gasteiger partial charge on any atom is 0.396 e. The number of hydrogen-bond acceptors (Lipinski definition) is 2. The van der Waals surface area contributed by atoms with Crippen LogP contribution in [0.25, 0.3) is 0 Å². The van der Waals surface area contributed by atoms with Crippen LogP contribution in [0.1, 0.15) is 30.7 Å². The zero-order chi connectivity index (χ0) is 15.5. The predicted molar refractivity (Wildman–Crippen MR) is 71.7 cm³/mol. The van der Waals surface area contributed by atoms with Gasteiger partial charge in [-0.3, -0.25) is 4.79 Å². The molecule has 0 saturated carbocycles. The second-order valence-electron chi connectivity index (χ2n) is 5.32. The first kappa shape index (κ1) is 15.8. The highest BCUT2D eigenvalue weighted by Gasteiger charge is 2.42. The van der Waals surface area contributed by atoms with Gasteiger partial charge in [-0.05, 0) is 18.4 Å². The number of aliphatic hydroxyl groups excluding tert-OH is 1. The summed E-state index contributed by atoms with van der Waals surface area (Å²) in [6.07, 6.45) is -4.64. The third kappa shape index (κ3) is 4.20. The predicted octanol–water partition coefficient (Wildman–Crippen LogP) is 2.71. The molecule has 1 aromatic carbocycles. The van der Waals surface area contributed by atoms with Gasteiger partial charge in [0, 0.05) is 19.5 Å². The van der Waals surface area contributed by atoms with Gasteiger partial charge in [0.1, 0.15) is 0 Å². The minimum absolute atomic E-state index is 0.107. The van der Waals surface area contributed by atoms with E-state index in [4.69, 9.17) is 0 Å². The Labute approximate surface area is 121 Å². The van der Waals surface area contributed by atoms with Crippen LogP contribution in [0.3, 0.4) is 0 Å². The molecule has 2 rings (SSSR count). The molecule has 1 amide bonds. The van der Waals surface area contributed by atoms with Crippen LogP contribution in [0.2, 0.25) is 0 Å². The van der Waals surface area contributed by atoms with Gasteiger partial charge in [-0.2, -0.15) is 13.2 Å². The standard InChI is InChI=1S/C15H18F3NO2/c16-15(17,18)13(11-4-2-1-3-5-11)10-14(21)19-8-6-12(20)7-9-19/h1-5,12-13,20H,6-10H2. The van der Waals surface area contributed by atoms with Crippen molar-refractivity contribution in [1.29, 1.82) is 0 Å². The highest BCUT2D eigenvalue weighted by molar-refractivity contribution is 5.77. The summed E-state index contributed by atoms with van der Waals surface area (Å²) >= 11 is 0. The number of benzene rings is 1. The molecule has 0 aromatic heterocycles. The number of amides is 1. The van der Waals surface area contributed by atoms with E-state index in [9.17, 15) is 23.1 Å². The van der Waals surface area contributed by atoms with Crippen molar-refractivity contribution >= 4 is 5.91 Å². The number of piperidine rings is 1. The van der Waals surface area contributed by atoms with E-state index in [0.29, 0.717) is 25.9 Å². The van der Waals surface area contributed by atoms with Crippen LogP contribution in [0, 0.1) is 0 Å². The van der Waals surface area contributed by atoms with Gasteiger partial charge >= 0.3 is 6.18 Å². The number of rotatable bonds is 3. The van der Waals surface area contributed by atoms with E-state index >= 15 is 0 Å². The molecule has 1 heterocycles. The van der Waals surface area contributed by atoms with Gasteiger partial charge in [-0.25, -0.2) is 0 Å². The molecule has 1 atom stereocenters. The molecule has 1 unspecified atom stereocenters. The number of carbonyl (C=O) groups is 1. The summed E-state index contributed by atoms with van der Waals surface area (Å²) in [5.41, 5.74) is 0.107. The van der Waals surface area contributed by atoms with E-state index in [1.54, 1.807) is 6.07 Å². The maximum atomic E-state index is 13.2. The molecule has 116 valence electrons. The number of hydrogen-bond donors (Lipinski definition) is 1. The highest BCUT2D eigenvalue weighted by atomic mass is 19.4. The molecule has 21 heavy (non-hydrogen) atoms. The summed E-state index contributed by atoms with van der Waals surface area (Å²) in [7, 11) is 0. The van der Waals surface area contributed by atoms with Crippen LogP contribution >= 0.6 is 0 Å². The van der Waals surface area contributed by atoms with Gasteiger partial charge in [-0.15, -0.1) is 0 Å². The van der Waals surface area contributed by atoms with E-state index in [1.807, 2.05) is 0 Å². The fourth-order valence-electron chi connectivity index (χ4n) is 2.53. The van der Waals surface area contributed by atoms with E-state index in [-0.39, 0.29) is 5.56 Å². The lowest BCUT2D eigenvalue weighted by atomic mass is 9.94. The molecule has 3 nitrogen and oxygen atoms in total. The van der Waals surface area contributed by atoms with Crippen molar-refractivity contribution in [2.24, 2.45) is 0 Å². The zero-order valence-corrected chi connectivity index (χ0v) is 11.5. The molecular weight excluding hydrogens is 283 g/mol. The van der Waals surface area contributed by atoms with Crippen molar-refractivity contribution in [3.63, 3.8) is 0 Å². The van der Waals surface area contributed by atoms with E-state index in [0.717, 1.165) is 0 Å². The second-order valence-corrected chi connectivity index (χ2v) is 5.32. The Hall–Kier alpha value is -1.56. The molecule has 1 aliphatic heterocycles. The molecule has 6 heteroatoms. The summed E-state index contributed by atoms with van der Waals surface area (Å²) in [6, 6.07) is 7.51. The van der Waals surface area contributed by atoms with Gasteiger partial charge in [-0.1, -0.05) is 30.3 Å². The van der Waals surface area contributed by atoms with E-state index in [2.05, 4.69) is 0 Å².